The van der Waals surface area contributed by atoms with Crippen LogP contribution in [0, 0.1) is 13.8 Å². The van der Waals surface area contributed by atoms with E-state index in [9.17, 15) is 4.79 Å². The van der Waals surface area contributed by atoms with Gasteiger partial charge < -0.3 is 14.0 Å². The van der Waals surface area contributed by atoms with E-state index in [0.717, 1.165) is 36.4 Å². The van der Waals surface area contributed by atoms with Crippen molar-refractivity contribution in [2.24, 2.45) is 0 Å². The lowest BCUT2D eigenvalue weighted by atomic mass is 9.97. The van der Waals surface area contributed by atoms with Gasteiger partial charge in [-0.3, -0.25) is 4.79 Å². The third-order valence-electron chi connectivity index (χ3n) is 4.99. The first kappa shape index (κ1) is 15.9. The van der Waals surface area contributed by atoms with E-state index in [1.807, 2.05) is 24.0 Å². The number of aryl methyl sites for hydroxylation is 2. The zero-order valence-corrected chi connectivity index (χ0v) is 14.6. The van der Waals surface area contributed by atoms with Crippen LogP contribution in [0.1, 0.15) is 36.2 Å². The fraction of sp³-hybridized carbons (Fsp3) is 0.421. The van der Waals surface area contributed by atoms with E-state index in [4.69, 9.17) is 4.52 Å². The van der Waals surface area contributed by atoms with E-state index in [1.54, 1.807) is 6.92 Å². The second-order valence-electron chi connectivity index (χ2n) is 6.78. The number of para-hydroxylation sites is 1. The average Bonchev–Trinajstić information content (AvgIpc) is 3.19. The van der Waals surface area contributed by atoms with Crippen LogP contribution in [0.4, 0.5) is 0 Å². The molecule has 1 fully saturated rings. The summed E-state index contributed by atoms with van der Waals surface area (Å²) >= 11 is 0. The molecule has 25 heavy (non-hydrogen) atoms. The molecule has 0 unspecified atom stereocenters. The van der Waals surface area contributed by atoms with Crippen molar-refractivity contribution < 1.29 is 9.32 Å². The second kappa shape index (κ2) is 6.35. The molecular formula is C19H22N4O2. The maximum atomic E-state index is 12.9. The number of piperidine rings is 1. The molecule has 0 radical (unpaired) electrons. The van der Waals surface area contributed by atoms with Gasteiger partial charge in [0, 0.05) is 37.1 Å². The minimum absolute atomic E-state index is 0.148. The van der Waals surface area contributed by atoms with Gasteiger partial charge in [-0.05, 0) is 37.3 Å². The van der Waals surface area contributed by atoms with Gasteiger partial charge in [-0.1, -0.05) is 23.4 Å². The van der Waals surface area contributed by atoms with Gasteiger partial charge in [0.1, 0.15) is 6.54 Å². The van der Waals surface area contributed by atoms with Gasteiger partial charge in [0.2, 0.25) is 11.8 Å². The number of hydrogen-bond donors (Lipinski definition) is 0. The Morgan fingerprint density at radius 3 is 2.96 bits per heavy atom. The summed E-state index contributed by atoms with van der Waals surface area (Å²) < 4.78 is 7.19. The molecule has 4 rings (SSSR count). The Kier molecular flexibility index (Phi) is 4.03. The van der Waals surface area contributed by atoms with Gasteiger partial charge in [0.25, 0.3) is 0 Å². The van der Waals surface area contributed by atoms with Crippen molar-refractivity contribution in [3.05, 3.63) is 47.7 Å². The Hall–Kier alpha value is -2.63. The lowest BCUT2D eigenvalue weighted by Crippen LogP contribution is -2.41. The van der Waals surface area contributed by atoms with Crippen LogP contribution in [0.2, 0.25) is 0 Å². The van der Waals surface area contributed by atoms with Crippen molar-refractivity contribution in [2.45, 2.75) is 39.2 Å². The van der Waals surface area contributed by atoms with Gasteiger partial charge in [0.15, 0.2) is 5.82 Å². The van der Waals surface area contributed by atoms with E-state index in [2.05, 4.69) is 32.9 Å². The van der Waals surface area contributed by atoms with E-state index < -0.39 is 0 Å². The second-order valence-corrected chi connectivity index (χ2v) is 6.78. The minimum Gasteiger partial charge on any atom is -0.340 e. The summed E-state index contributed by atoms with van der Waals surface area (Å²) in [4.78, 5) is 19.2. The average molecular weight is 338 g/mol. The molecule has 1 saturated heterocycles. The maximum absolute atomic E-state index is 12.9. The number of fused-ring (bicyclic) bond motifs is 1. The van der Waals surface area contributed by atoms with Gasteiger partial charge in [0.05, 0.1) is 0 Å². The van der Waals surface area contributed by atoms with Gasteiger partial charge in [-0.2, -0.15) is 4.98 Å². The van der Waals surface area contributed by atoms with E-state index >= 15 is 0 Å². The van der Waals surface area contributed by atoms with Crippen molar-refractivity contribution in [2.75, 3.05) is 13.1 Å². The Balaban J connectivity index is 1.51. The number of carbonyl (C=O) groups excluding carboxylic acids is 1. The van der Waals surface area contributed by atoms with Crippen LogP contribution in [0.5, 0.6) is 0 Å². The third kappa shape index (κ3) is 3.04. The normalized spacial score (nSPS) is 18.0. The Labute approximate surface area is 146 Å². The summed E-state index contributed by atoms with van der Waals surface area (Å²) in [5.41, 5.74) is 2.22. The van der Waals surface area contributed by atoms with Gasteiger partial charge >= 0.3 is 0 Å². The van der Waals surface area contributed by atoms with Crippen molar-refractivity contribution >= 4 is 16.8 Å². The number of aromatic nitrogens is 3. The van der Waals surface area contributed by atoms with E-state index in [1.165, 1.54) is 5.39 Å². The van der Waals surface area contributed by atoms with E-state index in [0.29, 0.717) is 19.0 Å². The SMILES string of the molecule is Cc1nc([C@H]2CCCN(C(=O)Cn3c(C)cc4ccccc43)C2)no1. The molecular weight excluding hydrogens is 316 g/mol. The number of carbonyl (C=O) groups is 1. The summed E-state index contributed by atoms with van der Waals surface area (Å²) in [5, 5.41) is 5.21. The third-order valence-corrected chi connectivity index (χ3v) is 4.99. The number of hydrogen-bond acceptors (Lipinski definition) is 4. The highest BCUT2D eigenvalue weighted by molar-refractivity contribution is 5.84. The number of rotatable bonds is 3. The summed E-state index contributed by atoms with van der Waals surface area (Å²) in [6.07, 6.45) is 1.96. The monoisotopic (exact) mass is 338 g/mol. The summed E-state index contributed by atoms with van der Waals surface area (Å²) in [6.45, 7) is 5.67. The Bertz CT molecular complexity index is 911. The first-order valence-corrected chi connectivity index (χ1v) is 8.74. The Morgan fingerprint density at radius 1 is 1.32 bits per heavy atom. The van der Waals surface area contributed by atoms with Crippen LogP contribution in [0.15, 0.2) is 34.9 Å². The summed E-state index contributed by atoms with van der Waals surface area (Å²) in [6, 6.07) is 10.3. The summed E-state index contributed by atoms with van der Waals surface area (Å²) in [7, 11) is 0. The number of likely N-dealkylation sites (tertiary alicyclic amines) is 1. The Morgan fingerprint density at radius 2 is 2.16 bits per heavy atom. The first-order valence-electron chi connectivity index (χ1n) is 8.74. The predicted molar refractivity (Wildman–Crippen MR) is 94.3 cm³/mol. The molecule has 0 N–H and O–H groups in total. The lowest BCUT2D eigenvalue weighted by Gasteiger charge is -2.31. The molecule has 3 aromatic rings. The molecule has 1 aliphatic rings. The molecule has 1 amide bonds. The molecule has 0 saturated carbocycles. The molecule has 6 nitrogen and oxygen atoms in total. The fourth-order valence-electron chi connectivity index (χ4n) is 3.69. The summed E-state index contributed by atoms with van der Waals surface area (Å²) in [5.74, 6) is 1.61. The molecule has 3 heterocycles. The lowest BCUT2D eigenvalue weighted by molar-refractivity contribution is -0.133. The highest BCUT2D eigenvalue weighted by atomic mass is 16.5. The number of amides is 1. The smallest absolute Gasteiger partial charge is 0.242 e. The first-order chi connectivity index (χ1) is 12.1. The van der Waals surface area contributed by atoms with Gasteiger partial charge in [-0.25, -0.2) is 0 Å². The molecule has 1 aliphatic heterocycles. The molecule has 1 atom stereocenters. The standard InChI is InChI=1S/C19H22N4O2/c1-13-10-15-6-3-4-8-17(15)23(13)12-18(24)22-9-5-7-16(11-22)19-20-14(2)25-21-19/h3-4,6,8,10,16H,5,7,9,11-12H2,1-2H3/t16-/m0/s1. The van der Waals surface area contributed by atoms with Gasteiger partial charge in [-0.15, -0.1) is 0 Å². The highest BCUT2D eigenvalue weighted by Gasteiger charge is 2.28. The van der Waals surface area contributed by atoms with E-state index in [-0.39, 0.29) is 11.8 Å². The van der Waals surface area contributed by atoms with Crippen molar-refractivity contribution in [3.63, 3.8) is 0 Å². The van der Waals surface area contributed by atoms with Crippen LogP contribution >= 0.6 is 0 Å². The molecule has 6 heteroatoms. The molecule has 130 valence electrons. The molecule has 0 bridgehead atoms. The van der Waals surface area contributed by atoms with Crippen LogP contribution in [-0.2, 0) is 11.3 Å². The minimum atomic E-state index is 0.148. The van der Waals surface area contributed by atoms with Crippen molar-refractivity contribution in [3.8, 4) is 0 Å². The zero-order valence-electron chi connectivity index (χ0n) is 14.6. The van der Waals surface area contributed by atoms with Crippen LogP contribution in [-0.4, -0.2) is 38.6 Å². The van der Waals surface area contributed by atoms with Crippen LogP contribution in [0.3, 0.4) is 0 Å². The van der Waals surface area contributed by atoms with Crippen molar-refractivity contribution in [1.29, 1.82) is 0 Å². The molecule has 1 aromatic carbocycles. The molecule has 0 aliphatic carbocycles. The largest absolute Gasteiger partial charge is 0.340 e. The maximum Gasteiger partial charge on any atom is 0.242 e. The number of nitrogens with zero attached hydrogens (tertiary/aromatic N) is 4. The quantitative estimate of drug-likeness (QED) is 0.736. The molecule has 0 spiro atoms. The topological polar surface area (TPSA) is 64.2 Å². The zero-order chi connectivity index (χ0) is 17.4. The fourth-order valence-corrected chi connectivity index (χ4v) is 3.69. The molecule has 2 aromatic heterocycles. The van der Waals surface area contributed by atoms with Crippen molar-refractivity contribution in [1.82, 2.24) is 19.6 Å². The predicted octanol–water partition coefficient (Wildman–Crippen LogP) is 3.05. The van der Waals surface area contributed by atoms with Crippen LogP contribution in [0.25, 0.3) is 10.9 Å². The number of benzene rings is 1. The van der Waals surface area contributed by atoms with Crippen LogP contribution < -0.4 is 0 Å². The highest BCUT2D eigenvalue weighted by Crippen LogP contribution is 2.26.